The van der Waals surface area contributed by atoms with Crippen molar-refractivity contribution < 1.29 is 9.53 Å². The summed E-state index contributed by atoms with van der Waals surface area (Å²) in [7, 11) is 4.27. The van der Waals surface area contributed by atoms with Crippen LogP contribution in [0, 0.1) is 20.8 Å². The number of anilines is 1. The van der Waals surface area contributed by atoms with Gasteiger partial charge in [0, 0.05) is 24.9 Å². The summed E-state index contributed by atoms with van der Waals surface area (Å²) in [4.78, 5) is 25.7. The topological polar surface area (TPSA) is 95.9 Å². The van der Waals surface area contributed by atoms with Crippen LogP contribution < -0.4 is 5.73 Å². The van der Waals surface area contributed by atoms with Crippen LogP contribution in [0.25, 0.3) is 11.2 Å². The number of hydrogen-bond acceptors (Lipinski definition) is 6. The van der Waals surface area contributed by atoms with Crippen molar-refractivity contribution in [3.05, 3.63) is 47.0 Å². The lowest BCUT2D eigenvalue weighted by Gasteiger charge is -2.23. The molecule has 3 atom stereocenters. The zero-order valence-electron chi connectivity index (χ0n) is 15.9. The van der Waals surface area contributed by atoms with E-state index in [0.29, 0.717) is 23.5 Å². The minimum atomic E-state index is -0.605. The van der Waals surface area contributed by atoms with E-state index in [4.69, 9.17) is 10.5 Å². The van der Waals surface area contributed by atoms with Gasteiger partial charge < -0.3 is 15.0 Å². The van der Waals surface area contributed by atoms with Crippen LogP contribution in [-0.2, 0) is 11.3 Å². The monoisotopic (exact) mass is 385 g/mol. The molecule has 2 N–H and O–H groups in total. The fourth-order valence-corrected chi connectivity index (χ4v) is 4.10. The van der Waals surface area contributed by atoms with Crippen LogP contribution in [0.5, 0.6) is 0 Å². The number of hydrogen-bond donors (Lipinski definition) is 1. The molecule has 8 heteroatoms. The molecule has 3 aromatic rings. The van der Waals surface area contributed by atoms with Crippen molar-refractivity contribution >= 4 is 32.0 Å². The van der Waals surface area contributed by atoms with Crippen molar-refractivity contribution in [2.24, 2.45) is 0 Å². The largest absolute Gasteiger partial charge is 0.382 e. The van der Waals surface area contributed by atoms with Crippen molar-refractivity contribution in [3.63, 3.8) is 0 Å². The number of carbonyl (C=O) groups is 1. The van der Waals surface area contributed by atoms with Crippen LogP contribution in [0.1, 0.15) is 27.0 Å². The number of rotatable bonds is 6. The third-order valence-electron chi connectivity index (χ3n) is 4.66. The van der Waals surface area contributed by atoms with E-state index in [1.807, 2.05) is 37.5 Å². The Kier molecular flexibility index (Phi) is 5.53. The van der Waals surface area contributed by atoms with Crippen LogP contribution in [0.2, 0.25) is 0 Å². The number of nitrogen functional groups attached to an aromatic ring is 1. The smallest absolute Gasteiger partial charge is 0.192 e. The molecule has 0 saturated carbocycles. The van der Waals surface area contributed by atoms with E-state index in [1.165, 1.54) is 6.33 Å². The summed E-state index contributed by atoms with van der Waals surface area (Å²) in [5.74, 6) is 0.315. The highest BCUT2D eigenvalue weighted by atomic mass is 31.0. The molecule has 27 heavy (non-hydrogen) atoms. The molecule has 0 aliphatic heterocycles. The molecule has 0 aliphatic carbocycles. The number of carbonyl (C=O) groups excluding carboxylic acids is 1. The summed E-state index contributed by atoms with van der Waals surface area (Å²) in [6.45, 7) is 6.44. The number of ketones is 1. The van der Waals surface area contributed by atoms with Crippen LogP contribution in [-0.4, -0.2) is 44.2 Å². The zero-order chi connectivity index (χ0) is 19.7. The molecule has 0 amide bonds. The van der Waals surface area contributed by atoms with Crippen molar-refractivity contribution in [2.45, 2.75) is 39.1 Å². The number of benzene rings is 1. The molecule has 0 bridgehead atoms. The Labute approximate surface area is 160 Å². The SMILES string of the molecule is CO[C@H](C(=O)c1c(C)cc(C)cc1C)[C@H](P)Cn1cnc2c(N)ncnc21. The maximum Gasteiger partial charge on any atom is 0.192 e. The molecule has 0 saturated heterocycles. The van der Waals surface area contributed by atoms with Gasteiger partial charge in [0.2, 0.25) is 0 Å². The van der Waals surface area contributed by atoms with E-state index in [0.717, 1.165) is 22.3 Å². The summed E-state index contributed by atoms with van der Waals surface area (Å²) < 4.78 is 7.45. The van der Waals surface area contributed by atoms with Gasteiger partial charge in [-0.2, -0.15) is 0 Å². The molecule has 0 spiro atoms. The second kappa shape index (κ2) is 7.71. The van der Waals surface area contributed by atoms with Gasteiger partial charge in [0.1, 0.15) is 17.9 Å². The Balaban J connectivity index is 1.89. The second-order valence-electron chi connectivity index (χ2n) is 6.79. The lowest BCUT2D eigenvalue weighted by atomic mass is 9.93. The fourth-order valence-electron chi connectivity index (χ4n) is 3.54. The van der Waals surface area contributed by atoms with Gasteiger partial charge in [0.15, 0.2) is 17.2 Å². The summed E-state index contributed by atoms with van der Waals surface area (Å²) in [5, 5.41) is 0. The average molecular weight is 385 g/mol. The molecular weight excluding hydrogens is 361 g/mol. The Morgan fingerprint density at radius 3 is 2.52 bits per heavy atom. The normalized spacial score (nSPS) is 13.7. The molecule has 2 heterocycles. The third-order valence-corrected chi connectivity index (χ3v) is 5.22. The highest BCUT2D eigenvalue weighted by Crippen LogP contribution is 2.24. The van der Waals surface area contributed by atoms with E-state index in [9.17, 15) is 4.79 Å². The first-order chi connectivity index (χ1) is 12.8. The molecule has 142 valence electrons. The van der Waals surface area contributed by atoms with E-state index < -0.39 is 6.10 Å². The van der Waals surface area contributed by atoms with Gasteiger partial charge in [-0.05, 0) is 31.9 Å². The molecular formula is C19H24N5O2P. The van der Waals surface area contributed by atoms with E-state index >= 15 is 0 Å². The molecule has 3 rings (SSSR count). The number of fused-ring (bicyclic) bond motifs is 1. The predicted octanol–water partition coefficient (Wildman–Crippen LogP) is 2.48. The zero-order valence-corrected chi connectivity index (χ0v) is 17.1. The average Bonchev–Trinajstić information content (AvgIpc) is 2.99. The maximum atomic E-state index is 13.2. The molecule has 1 aromatic carbocycles. The molecule has 0 aliphatic rings. The Hall–Kier alpha value is -2.37. The first-order valence-corrected chi connectivity index (χ1v) is 9.32. The standard InChI is InChI=1S/C19H24N5O2P/c1-10-5-11(2)14(12(3)6-10)16(25)17(26-4)13(27)7-24-9-23-15-18(20)21-8-22-19(15)24/h5-6,8-9,13,17H,7,27H2,1-4H3,(H2,20,21,22)/t13-,17+/m1/s1. The quantitative estimate of drug-likeness (QED) is 0.517. The van der Waals surface area contributed by atoms with Crippen LogP contribution in [0.4, 0.5) is 5.82 Å². The van der Waals surface area contributed by atoms with Crippen molar-refractivity contribution in [2.75, 3.05) is 12.8 Å². The van der Waals surface area contributed by atoms with Crippen LogP contribution >= 0.6 is 9.24 Å². The molecule has 7 nitrogen and oxygen atoms in total. The van der Waals surface area contributed by atoms with Gasteiger partial charge in [0.05, 0.1) is 6.33 Å². The number of aromatic nitrogens is 4. The minimum Gasteiger partial charge on any atom is -0.382 e. The Morgan fingerprint density at radius 1 is 1.22 bits per heavy atom. The number of imidazole rings is 1. The molecule has 0 fully saturated rings. The summed E-state index contributed by atoms with van der Waals surface area (Å²) in [6, 6.07) is 4.04. The van der Waals surface area contributed by atoms with Crippen molar-refractivity contribution in [3.8, 4) is 0 Å². The molecule has 0 radical (unpaired) electrons. The van der Waals surface area contributed by atoms with E-state index in [-0.39, 0.29) is 11.4 Å². The number of nitrogens with two attached hydrogens (primary N) is 1. The van der Waals surface area contributed by atoms with Gasteiger partial charge in [-0.15, -0.1) is 9.24 Å². The van der Waals surface area contributed by atoms with Gasteiger partial charge in [-0.3, -0.25) is 4.79 Å². The number of aryl methyl sites for hydroxylation is 3. The predicted molar refractivity (Wildman–Crippen MR) is 109 cm³/mol. The summed E-state index contributed by atoms with van der Waals surface area (Å²) in [6.07, 6.45) is 2.46. The van der Waals surface area contributed by atoms with Gasteiger partial charge in [-0.1, -0.05) is 17.7 Å². The first-order valence-electron chi connectivity index (χ1n) is 8.65. The highest BCUT2D eigenvalue weighted by Gasteiger charge is 2.29. The van der Waals surface area contributed by atoms with Crippen molar-refractivity contribution in [1.29, 1.82) is 0 Å². The number of Topliss-reactive ketones (excluding diaryl/α,β-unsaturated/α-hetero) is 1. The number of methoxy groups -OCH3 is 1. The number of ether oxygens (including phenoxy) is 1. The van der Waals surface area contributed by atoms with E-state index in [1.54, 1.807) is 13.4 Å². The van der Waals surface area contributed by atoms with Crippen molar-refractivity contribution in [1.82, 2.24) is 19.5 Å². The first kappa shape index (κ1) is 19.4. The summed E-state index contributed by atoms with van der Waals surface area (Å²) >= 11 is 0. The van der Waals surface area contributed by atoms with Gasteiger partial charge in [-0.25, -0.2) is 15.0 Å². The molecule has 2 aromatic heterocycles. The number of nitrogens with zero attached hydrogens (tertiary/aromatic N) is 4. The van der Waals surface area contributed by atoms with Gasteiger partial charge >= 0.3 is 0 Å². The minimum absolute atomic E-state index is 0.0222. The van der Waals surface area contributed by atoms with Crippen LogP contribution in [0.3, 0.4) is 0 Å². The lowest BCUT2D eigenvalue weighted by Crippen LogP contribution is -2.35. The Bertz CT molecular complexity index is 978. The second-order valence-corrected chi connectivity index (χ2v) is 7.64. The highest BCUT2D eigenvalue weighted by molar-refractivity contribution is 7.17. The van der Waals surface area contributed by atoms with Gasteiger partial charge in [0.25, 0.3) is 0 Å². The Morgan fingerprint density at radius 2 is 1.89 bits per heavy atom. The maximum absolute atomic E-state index is 13.2. The fraction of sp³-hybridized carbons (Fsp3) is 0.368. The van der Waals surface area contributed by atoms with Crippen LogP contribution in [0.15, 0.2) is 24.8 Å². The lowest BCUT2D eigenvalue weighted by molar-refractivity contribution is 0.0585. The van der Waals surface area contributed by atoms with E-state index in [2.05, 4.69) is 24.2 Å². The third kappa shape index (κ3) is 3.70. The molecule has 1 unspecified atom stereocenters. The summed E-state index contributed by atoms with van der Waals surface area (Å²) in [5.41, 5.74) is 10.7.